The van der Waals surface area contributed by atoms with Crippen molar-refractivity contribution in [2.45, 2.75) is 6.54 Å². The van der Waals surface area contributed by atoms with E-state index in [9.17, 15) is 0 Å². The van der Waals surface area contributed by atoms with Gasteiger partial charge < -0.3 is 16.5 Å². The van der Waals surface area contributed by atoms with E-state index >= 15 is 0 Å². The highest BCUT2D eigenvalue weighted by molar-refractivity contribution is 5.86. The molecule has 14 heavy (non-hydrogen) atoms. The molecule has 0 fully saturated rings. The summed E-state index contributed by atoms with van der Waals surface area (Å²) >= 11 is 0. The zero-order valence-corrected chi connectivity index (χ0v) is 9.12. The molecule has 0 saturated carbocycles. The first-order valence-electron chi connectivity index (χ1n) is 3.87. The van der Waals surface area contributed by atoms with Crippen LogP contribution in [0.3, 0.4) is 0 Å². The number of benzene rings is 1. The second-order valence-electron chi connectivity index (χ2n) is 2.82. The van der Waals surface area contributed by atoms with Crippen LogP contribution in [0.25, 0.3) is 10.9 Å². The Labute approximate surface area is 94.7 Å². The van der Waals surface area contributed by atoms with Crippen LogP contribution in [-0.2, 0) is 6.54 Å². The third-order valence-corrected chi connectivity index (χ3v) is 2.01. The summed E-state index contributed by atoms with van der Waals surface area (Å²) in [5.41, 5.74) is 14.2. The summed E-state index contributed by atoms with van der Waals surface area (Å²) in [6, 6.07) is 5.77. The molecule has 5 N–H and O–H groups in total. The number of nitrogens with two attached hydrogens (primary N) is 2. The van der Waals surface area contributed by atoms with Crippen LogP contribution in [0.2, 0.25) is 0 Å². The van der Waals surface area contributed by atoms with Crippen molar-refractivity contribution in [2.24, 2.45) is 5.73 Å². The molecule has 1 aromatic heterocycles. The lowest BCUT2D eigenvalue weighted by atomic mass is 10.1. The maximum Gasteiger partial charge on any atom is 0.0458 e. The Morgan fingerprint density at radius 1 is 1.21 bits per heavy atom. The van der Waals surface area contributed by atoms with E-state index in [2.05, 4.69) is 4.98 Å². The third kappa shape index (κ3) is 2.12. The Balaban J connectivity index is 0.000000845. The van der Waals surface area contributed by atoms with Gasteiger partial charge in [0.2, 0.25) is 0 Å². The van der Waals surface area contributed by atoms with E-state index in [1.807, 2.05) is 24.4 Å². The smallest absolute Gasteiger partial charge is 0.0458 e. The molecule has 0 unspecified atom stereocenters. The second-order valence-corrected chi connectivity index (χ2v) is 2.82. The van der Waals surface area contributed by atoms with E-state index in [0.717, 1.165) is 22.2 Å². The molecule has 0 spiro atoms. The lowest BCUT2D eigenvalue weighted by molar-refractivity contribution is 1.08. The topological polar surface area (TPSA) is 67.8 Å². The van der Waals surface area contributed by atoms with Crippen LogP contribution < -0.4 is 11.5 Å². The van der Waals surface area contributed by atoms with E-state index < -0.39 is 0 Å². The van der Waals surface area contributed by atoms with E-state index in [1.165, 1.54) is 0 Å². The van der Waals surface area contributed by atoms with Crippen LogP contribution in [0, 0.1) is 0 Å². The summed E-state index contributed by atoms with van der Waals surface area (Å²) in [6.45, 7) is 0.545. The van der Waals surface area contributed by atoms with Crippen molar-refractivity contribution in [2.75, 3.05) is 5.73 Å². The molecular formula is C9H13Cl2N3. The highest BCUT2D eigenvalue weighted by Crippen LogP contribution is 2.20. The van der Waals surface area contributed by atoms with Crippen LogP contribution in [0.5, 0.6) is 0 Å². The standard InChI is InChI=1S/C9H11N3.2ClH/c10-4-6-5-12-9-2-1-7(11)3-8(6)9;;/h1-3,5,12H,4,10-11H2;2*1H. The average molecular weight is 234 g/mol. The number of rotatable bonds is 1. The highest BCUT2D eigenvalue weighted by atomic mass is 35.5. The number of aromatic nitrogens is 1. The van der Waals surface area contributed by atoms with Gasteiger partial charge in [0, 0.05) is 29.3 Å². The van der Waals surface area contributed by atoms with Gasteiger partial charge in [-0.25, -0.2) is 0 Å². The van der Waals surface area contributed by atoms with Gasteiger partial charge in [0.15, 0.2) is 0 Å². The lowest BCUT2D eigenvalue weighted by Crippen LogP contribution is -1.94. The van der Waals surface area contributed by atoms with Crippen LogP contribution in [0.4, 0.5) is 5.69 Å². The largest absolute Gasteiger partial charge is 0.399 e. The van der Waals surface area contributed by atoms with Gasteiger partial charge in [0.1, 0.15) is 0 Å². The molecule has 0 aliphatic rings. The average Bonchev–Trinajstić information content (AvgIpc) is 2.46. The van der Waals surface area contributed by atoms with Crippen molar-refractivity contribution in [1.29, 1.82) is 0 Å². The predicted octanol–water partition coefficient (Wildman–Crippen LogP) is 2.05. The molecule has 0 saturated heterocycles. The van der Waals surface area contributed by atoms with Crippen molar-refractivity contribution < 1.29 is 0 Å². The fourth-order valence-corrected chi connectivity index (χ4v) is 1.36. The molecular weight excluding hydrogens is 221 g/mol. The number of halogens is 2. The Morgan fingerprint density at radius 3 is 2.57 bits per heavy atom. The van der Waals surface area contributed by atoms with Crippen molar-refractivity contribution in [1.82, 2.24) is 4.98 Å². The SMILES string of the molecule is Cl.Cl.NCc1c[nH]c2ccc(N)cc12. The summed E-state index contributed by atoms with van der Waals surface area (Å²) < 4.78 is 0. The molecule has 2 aromatic rings. The van der Waals surface area contributed by atoms with Gasteiger partial charge in [-0.2, -0.15) is 0 Å². The number of aromatic amines is 1. The molecule has 78 valence electrons. The molecule has 3 nitrogen and oxygen atoms in total. The molecule has 0 bridgehead atoms. The zero-order chi connectivity index (χ0) is 8.55. The van der Waals surface area contributed by atoms with Gasteiger partial charge in [-0.05, 0) is 23.8 Å². The van der Waals surface area contributed by atoms with Crippen LogP contribution in [-0.4, -0.2) is 4.98 Å². The van der Waals surface area contributed by atoms with Crippen LogP contribution >= 0.6 is 24.8 Å². The third-order valence-electron chi connectivity index (χ3n) is 2.01. The number of hydrogen-bond acceptors (Lipinski definition) is 2. The maximum atomic E-state index is 5.65. The van der Waals surface area contributed by atoms with Gasteiger partial charge >= 0.3 is 0 Å². The minimum Gasteiger partial charge on any atom is -0.399 e. The van der Waals surface area contributed by atoms with Gasteiger partial charge in [0.05, 0.1) is 0 Å². The summed E-state index contributed by atoms with van der Waals surface area (Å²) in [7, 11) is 0. The fourth-order valence-electron chi connectivity index (χ4n) is 1.36. The first-order valence-corrected chi connectivity index (χ1v) is 3.87. The lowest BCUT2D eigenvalue weighted by Gasteiger charge is -1.95. The summed E-state index contributed by atoms with van der Waals surface area (Å²) in [4.78, 5) is 3.13. The number of nitrogens with one attached hydrogen (secondary N) is 1. The number of fused-ring (bicyclic) bond motifs is 1. The quantitative estimate of drug-likeness (QED) is 0.661. The normalized spacial score (nSPS) is 9.21. The minimum atomic E-state index is 0. The fraction of sp³-hybridized carbons (Fsp3) is 0.111. The molecule has 2 rings (SSSR count). The number of H-pyrrole nitrogens is 1. The highest BCUT2D eigenvalue weighted by Gasteiger charge is 2.00. The second kappa shape index (κ2) is 5.10. The molecule has 1 aromatic carbocycles. The Morgan fingerprint density at radius 2 is 1.93 bits per heavy atom. The maximum absolute atomic E-state index is 5.65. The minimum absolute atomic E-state index is 0. The van der Waals surface area contributed by atoms with Crippen LogP contribution in [0.15, 0.2) is 24.4 Å². The van der Waals surface area contributed by atoms with Crippen molar-refractivity contribution >= 4 is 41.4 Å². The monoisotopic (exact) mass is 233 g/mol. The predicted molar refractivity (Wildman–Crippen MR) is 65.1 cm³/mol. The van der Waals surface area contributed by atoms with E-state index in [-0.39, 0.29) is 24.8 Å². The summed E-state index contributed by atoms with van der Waals surface area (Å²) in [6.07, 6.45) is 1.92. The first-order chi connectivity index (χ1) is 5.81. The molecule has 0 atom stereocenters. The van der Waals surface area contributed by atoms with E-state index in [4.69, 9.17) is 11.5 Å². The zero-order valence-electron chi connectivity index (χ0n) is 7.49. The molecule has 1 heterocycles. The molecule has 0 aliphatic carbocycles. The van der Waals surface area contributed by atoms with Crippen molar-refractivity contribution in [3.05, 3.63) is 30.0 Å². The Kier molecular flexibility index (Phi) is 4.77. The van der Waals surface area contributed by atoms with Gasteiger partial charge in [0.25, 0.3) is 0 Å². The van der Waals surface area contributed by atoms with Crippen molar-refractivity contribution in [3.8, 4) is 0 Å². The number of nitrogen functional groups attached to an aromatic ring is 1. The Hall–Kier alpha value is -0.900. The number of anilines is 1. The molecule has 0 aliphatic heterocycles. The molecule has 5 heteroatoms. The van der Waals surface area contributed by atoms with Crippen molar-refractivity contribution in [3.63, 3.8) is 0 Å². The van der Waals surface area contributed by atoms with Crippen LogP contribution in [0.1, 0.15) is 5.56 Å². The first kappa shape index (κ1) is 13.1. The van der Waals surface area contributed by atoms with Gasteiger partial charge in [-0.1, -0.05) is 0 Å². The summed E-state index contributed by atoms with van der Waals surface area (Å²) in [5.74, 6) is 0. The Bertz CT molecular complexity index is 411. The molecule has 0 amide bonds. The number of hydrogen-bond donors (Lipinski definition) is 3. The molecule has 0 radical (unpaired) electrons. The van der Waals surface area contributed by atoms with E-state index in [1.54, 1.807) is 0 Å². The summed E-state index contributed by atoms with van der Waals surface area (Å²) in [5, 5.41) is 1.12. The van der Waals surface area contributed by atoms with E-state index in [0.29, 0.717) is 6.54 Å². The van der Waals surface area contributed by atoms with Gasteiger partial charge in [-0.3, -0.25) is 0 Å². The van der Waals surface area contributed by atoms with Gasteiger partial charge in [-0.15, -0.1) is 24.8 Å².